The zero-order valence-electron chi connectivity index (χ0n) is 17.4. The van der Waals surface area contributed by atoms with E-state index < -0.39 is 5.60 Å². The Bertz CT molecular complexity index is 1490. The van der Waals surface area contributed by atoms with Gasteiger partial charge in [0.05, 0.1) is 5.56 Å². The summed E-state index contributed by atoms with van der Waals surface area (Å²) in [5.41, 5.74) is 4.40. The number of hydrogen-bond acceptors (Lipinski definition) is 3. The third kappa shape index (κ3) is 2.26. The third-order valence-electron chi connectivity index (χ3n) is 6.45. The van der Waals surface area contributed by atoms with Crippen molar-refractivity contribution in [3.05, 3.63) is 102 Å². The second kappa shape index (κ2) is 6.32. The molecule has 6 rings (SSSR count). The Labute approximate surface area is 179 Å². The smallest absolute Gasteiger partial charge is 0.340 e. The van der Waals surface area contributed by atoms with Crippen molar-refractivity contribution < 1.29 is 9.53 Å². The number of carbonyl (C=O) groups is 1. The number of hydrogen-bond donors (Lipinski definition) is 0. The van der Waals surface area contributed by atoms with E-state index in [9.17, 15) is 4.79 Å². The number of esters is 1. The van der Waals surface area contributed by atoms with Crippen molar-refractivity contribution in [2.24, 2.45) is 7.05 Å². The predicted molar refractivity (Wildman–Crippen MR) is 120 cm³/mol. The van der Waals surface area contributed by atoms with E-state index in [1.807, 2.05) is 31.3 Å². The number of fused-ring (bicyclic) bond motifs is 3. The van der Waals surface area contributed by atoms with Crippen molar-refractivity contribution >= 4 is 27.8 Å². The van der Waals surface area contributed by atoms with Crippen molar-refractivity contribution in [1.29, 1.82) is 0 Å². The van der Waals surface area contributed by atoms with Gasteiger partial charge in [-0.2, -0.15) is 0 Å². The van der Waals surface area contributed by atoms with Crippen molar-refractivity contribution in [3.63, 3.8) is 0 Å². The number of ether oxygens (including phenoxy) is 1. The molecule has 0 bridgehead atoms. The van der Waals surface area contributed by atoms with E-state index in [1.54, 1.807) is 18.5 Å². The van der Waals surface area contributed by atoms with Gasteiger partial charge in [0.15, 0.2) is 5.60 Å². The maximum Gasteiger partial charge on any atom is 0.340 e. The second-order valence-electron chi connectivity index (χ2n) is 8.01. The summed E-state index contributed by atoms with van der Waals surface area (Å²) in [5.74, 6) is -0.321. The number of benzene rings is 2. The number of aryl methyl sites for hydroxylation is 2. The lowest BCUT2D eigenvalue weighted by Crippen LogP contribution is -2.29. The van der Waals surface area contributed by atoms with Crippen molar-refractivity contribution in [2.75, 3.05) is 0 Å². The summed E-state index contributed by atoms with van der Waals surface area (Å²) < 4.78 is 10.7. The van der Waals surface area contributed by atoms with Crippen LogP contribution in [-0.4, -0.2) is 20.1 Å². The van der Waals surface area contributed by atoms with Crippen LogP contribution in [0.5, 0.6) is 0 Å². The molecule has 152 valence electrons. The van der Waals surface area contributed by atoms with E-state index in [1.165, 1.54) is 0 Å². The Morgan fingerprint density at radius 2 is 1.58 bits per heavy atom. The van der Waals surface area contributed by atoms with Crippen LogP contribution in [0, 0.1) is 0 Å². The monoisotopic (exact) mass is 407 g/mol. The van der Waals surface area contributed by atoms with Gasteiger partial charge < -0.3 is 13.9 Å². The summed E-state index contributed by atoms with van der Waals surface area (Å²) in [7, 11) is 2.02. The molecule has 5 aromatic rings. The summed E-state index contributed by atoms with van der Waals surface area (Å²) in [6.45, 7) is 2.94. The molecule has 1 aliphatic heterocycles. The predicted octanol–water partition coefficient (Wildman–Crippen LogP) is 5.01. The number of aromatic nitrogens is 3. The Hall–Kier alpha value is -3.86. The Balaban J connectivity index is 1.80. The van der Waals surface area contributed by atoms with Crippen molar-refractivity contribution in [2.45, 2.75) is 19.1 Å². The average Bonchev–Trinajstić information content (AvgIpc) is 3.45. The van der Waals surface area contributed by atoms with Gasteiger partial charge in [0.2, 0.25) is 0 Å². The van der Waals surface area contributed by atoms with E-state index >= 15 is 0 Å². The highest BCUT2D eigenvalue weighted by Gasteiger charge is 2.51. The van der Waals surface area contributed by atoms with Gasteiger partial charge in [0.25, 0.3) is 0 Å². The fourth-order valence-corrected chi connectivity index (χ4v) is 5.06. The number of pyridine rings is 1. The van der Waals surface area contributed by atoms with Gasteiger partial charge in [-0.15, -0.1) is 0 Å². The number of carbonyl (C=O) groups excluding carboxylic acids is 1. The zero-order valence-corrected chi connectivity index (χ0v) is 17.4. The molecule has 0 radical (unpaired) electrons. The molecule has 0 saturated carbocycles. The molecule has 2 aromatic carbocycles. The topological polar surface area (TPSA) is 49.0 Å². The summed E-state index contributed by atoms with van der Waals surface area (Å²) in [4.78, 5) is 17.5. The summed E-state index contributed by atoms with van der Waals surface area (Å²) in [6, 6.07) is 18.3. The van der Waals surface area contributed by atoms with Gasteiger partial charge >= 0.3 is 5.97 Å². The van der Waals surface area contributed by atoms with Crippen molar-refractivity contribution in [3.8, 4) is 0 Å². The standard InChI is InChI=1S/C26H21N3O2/c1-3-29-16-22(18-9-5-7-11-24(18)29)26(20-14-27-13-12-19(20)25(30)31-26)21-15-28(2)23-10-6-4-8-17(21)23/h4-16H,3H2,1-2H3. The van der Waals surface area contributed by atoms with E-state index in [4.69, 9.17) is 4.74 Å². The molecule has 0 aliphatic carbocycles. The minimum Gasteiger partial charge on any atom is -0.440 e. The molecule has 31 heavy (non-hydrogen) atoms. The Kier molecular flexibility index (Phi) is 3.66. The number of nitrogens with zero attached hydrogens (tertiary/aromatic N) is 3. The molecular weight excluding hydrogens is 386 g/mol. The Morgan fingerprint density at radius 1 is 0.903 bits per heavy atom. The summed E-state index contributed by atoms with van der Waals surface area (Å²) in [6.07, 6.45) is 7.63. The van der Waals surface area contributed by atoms with Crippen LogP contribution >= 0.6 is 0 Å². The maximum atomic E-state index is 13.1. The third-order valence-corrected chi connectivity index (χ3v) is 6.45. The first-order valence-electron chi connectivity index (χ1n) is 10.5. The fourth-order valence-electron chi connectivity index (χ4n) is 5.06. The zero-order chi connectivity index (χ0) is 21.2. The second-order valence-corrected chi connectivity index (χ2v) is 8.01. The highest BCUT2D eigenvalue weighted by molar-refractivity contribution is 6.00. The number of rotatable bonds is 3. The van der Waals surface area contributed by atoms with Crippen LogP contribution < -0.4 is 0 Å². The minimum absolute atomic E-state index is 0.321. The van der Waals surface area contributed by atoms with Crippen LogP contribution in [0.2, 0.25) is 0 Å². The molecule has 0 saturated heterocycles. The van der Waals surface area contributed by atoms with E-state index in [2.05, 4.69) is 57.7 Å². The van der Waals surface area contributed by atoms with Gasteiger partial charge in [-0.1, -0.05) is 36.4 Å². The van der Waals surface area contributed by atoms with Gasteiger partial charge in [0.1, 0.15) is 0 Å². The van der Waals surface area contributed by atoms with Gasteiger partial charge in [0, 0.05) is 76.9 Å². The molecule has 1 atom stereocenters. The molecule has 0 spiro atoms. The molecule has 4 heterocycles. The quantitative estimate of drug-likeness (QED) is 0.395. The normalized spacial score (nSPS) is 17.9. The lowest BCUT2D eigenvalue weighted by Gasteiger charge is -2.28. The maximum absolute atomic E-state index is 13.1. The van der Waals surface area contributed by atoms with Crippen LogP contribution in [-0.2, 0) is 23.9 Å². The van der Waals surface area contributed by atoms with E-state index in [-0.39, 0.29) is 5.97 Å². The van der Waals surface area contributed by atoms with Crippen LogP contribution in [0.4, 0.5) is 0 Å². The SMILES string of the molecule is CCn1cc(C2(c3cn(C)c4ccccc34)OC(=O)c3ccncc32)c2ccccc21. The van der Waals surface area contributed by atoms with Gasteiger partial charge in [-0.05, 0) is 25.1 Å². The molecule has 0 amide bonds. The number of para-hydroxylation sites is 2. The van der Waals surface area contributed by atoms with Crippen LogP contribution in [0.25, 0.3) is 21.8 Å². The summed E-state index contributed by atoms with van der Waals surface area (Å²) in [5, 5.41) is 2.13. The highest BCUT2D eigenvalue weighted by atomic mass is 16.6. The lowest BCUT2D eigenvalue weighted by molar-refractivity contribution is 0.0259. The van der Waals surface area contributed by atoms with Crippen LogP contribution in [0.1, 0.15) is 34.0 Å². The Morgan fingerprint density at radius 3 is 2.35 bits per heavy atom. The van der Waals surface area contributed by atoms with E-state index in [0.29, 0.717) is 5.56 Å². The first-order valence-corrected chi connectivity index (χ1v) is 10.5. The highest BCUT2D eigenvalue weighted by Crippen LogP contribution is 2.51. The van der Waals surface area contributed by atoms with Gasteiger partial charge in [-0.3, -0.25) is 4.98 Å². The van der Waals surface area contributed by atoms with Crippen molar-refractivity contribution in [1.82, 2.24) is 14.1 Å². The van der Waals surface area contributed by atoms with Crippen LogP contribution in [0.3, 0.4) is 0 Å². The van der Waals surface area contributed by atoms with Gasteiger partial charge in [-0.25, -0.2) is 4.79 Å². The largest absolute Gasteiger partial charge is 0.440 e. The molecule has 0 N–H and O–H groups in total. The number of cyclic esters (lactones) is 1. The molecule has 5 heteroatoms. The fraction of sp³-hybridized carbons (Fsp3) is 0.154. The molecule has 0 fully saturated rings. The molecular formula is C26H21N3O2. The first-order chi connectivity index (χ1) is 15.1. The summed E-state index contributed by atoms with van der Waals surface area (Å²) >= 11 is 0. The average molecular weight is 407 g/mol. The molecule has 3 aromatic heterocycles. The first kappa shape index (κ1) is 18.0. The molecule has 1 aliphatic rings. The molecule has 1 unspecified atom stereocenters. The lowest BCUT2D eigenvalue weighted by atomic mass is 9.80. The minimum atomic E-state index is -1.07. The molecule has 5 nitrogen and oxygen atoms in total. The van der Waals surface area contributed by atoms with E-state index in [0.717, 1.165) is 45.0 Å². The van der Waals surface area contributed by atoms with Crippen LogP contribution in [0.15, 0.2) is 79.4 Å².